The molecule has 1 aromatic carbocycles. The Kier molecular flexibility index (Phi) is 5.55. The van der Waals surface area contributed by atoms with E-state index in [0.717, 1.165) is 11.1 Å². The van der Waals surface area contributed by atoms with Gasteiger partial charge in [0.15, 0.2) is 6.04 Å². The Hall–Kier alpha value is -2.04. The maximum absolute atomic E-state index is 11.0. The van der Waals surface area contributed by atoms with Crippen LogP contribution in [0.25, 0.3) is 0 Å². The molecule has 0 spiro atoms. The van der Waals surface area contributed by atoms with Crippen LogP contribution in [-0.4, -0.2) is 29.6 Å². The van der Waals surface area contributed by atoms with Crippen LogP contribution in [-0.2, 0) is 9.59 Å². The standard InChI is InChI=1S/C15H21NO4/c1-9(2)12-6-5-10(3)14(7-12)20-8-13(15(18)19)16-11(4)17/h5-7,9,13H,8H2,1-4H3,(H,16,17)(H,18,19). The first-order valence-electron chi connectivity index (χ1n) is 6.54. The zero-order chi connectivity index (χ0) is 15.3. The van der Waals surface area contributed by atoms with Crippen molar-refractivity contribution in [3.63, 3.8) is 0 Å². The predicted molar refractivity (Wildman–Crippen MR) is 76.0 cm³/mol. The molecule has 0 aliphatic heterocycles. The lowest BCUT2D eigenvalue weighted by atomic mass is 10.0. The first-order valence-corrected chi connectivity index (χ1v) is 6.54. The predicted octanol–water partition coefficient (Wildman–Crippen LogP) is 2.09. The molecule has 5 nitrogen and oxygen atoms in total. The second-order valence-corrected chi connectivity index (χ2v) is 5.08. The molecule has 1 rings (SSSR count). The summed E-state index contributed by atoms with van der Waals surface area (Å²) in [5, 5.41) is 11.4. The Bertz CT molecular complexity index is 497. The Morgan fingerprint density at radius 2 is 2.00 bits per heavy atom. The smallest absolute Gasteiger partial charge is 0.329 e. The molecular formula is C15H21NO4. The molecule has 0 fully saturated rings. The number of hydrogen-bond acceptors (Lipinski definition) is 3. The number of carbonyl (C=O) groups is 2. The van der Waals surface area contributed by atoms with E-state index in [4.69, 9.17) is 9.84 Å². The second-order valence-electron chi connectivity index (χ2n) is 5.08. The van der Waals surface area contributed by atoms with Crippen LogP contribution in [0.3, 0.4) is 0 Å². The highest BCUT2D eigenvalue weighted by Crippen LogP contribution is 2.24. The van der Waals surface area contributed by atoms with E-state index in [0.29, 0.717) is 11.7 Å². The van der Waals surface area contributed by atoms with Gasteiger partial charge in [0.25, 0.3) is 0 Å². The number of hydrogen-bond donors (Lipinski definition) is 2. The minimum atomic E-state index is -1.11. The van der Waals surface area contributed by atoms with E-state index in [1.54, 1.807) is 0 Å². The Morgan fingerprint density at radius 1 is 1.35 bits per heavy atom. The number of amides is 1. The van der Waals surface area contributed by atoms with E-state index >= 15 is 0 Å². The lowest BCUT2D eigenvalue weighted by molar-refractivity contribution is -0.142. The van der Waals surface area contributed by atoms with E-state index in [1.165, 1.54) is 6.92 Å². The van der Waals surface area contributed by atoms with Crippen LogP contribution in [0.15, 0.2) is 18.2 Å². The Labute approximate surface area is 118 Å². The molecule has 0 aliphatic carbocycles. The lowest BCUT2D eigenvalue weighted by Crippen LogP contribution is -2.43. The van der Waals surface area contributed by atoms with Gasteiger partial charge in [-0.3, -0.25) is 4.79 Å². The molecule has 0 saturated carbocycles. The molecule has 1 aromatic rings. The highest BCUT2D eigenvalue weighted by molar-refractivity contribution is 5.82. The number of carboxylic acid groups (broad SMARTS) is 1. The van der Waals surface area contributed by atoms with Gasteiger partial charge in [-0.2, -0.15) is 0 Å². The molecule has 5 heteroatoms. The largest absolute Gasteiger partial charge is 0.491 e. The number of benzene rings is 1. The first-order chi connectivity index (χ1) is 9.31. The molecule has 0 aliphatic rings. The van der Waals surface area contributed by atoms with Gasteiger partial charge in [0.1, 0.15) is 12.4 Å². The molecule has 0 saturated heterocycles. The maximum Gasteiger partial charge on any atom is 0.329 e. The molecule has 1 atom stereocenters. The monoisotopic (exact) mass is 279 g/mol. The quantitative estimate of drug-likeness (QED) is 0.836. The maximum atomic E-state index is 11.0. The SMILES string of the molecule is CC(=O)NC(COc1cc(C(C)C)ccc1C)C(=O)O. The van der Waals surface area contributed by atoms with Crippen molar-refractivity contribution in [3.05, 3.63) is 29.3 Å². The number of aliphatic carboxylic acids is 1. The molecule has 0 bridgehead atoms. The highest BCUT2D eigenvalue weighted by atomic mass is 16.5. The summed E-state index contributed by atoms with van der Waals surface area (Å²) < 4.78 is 5.56. The summed E-state index contributed by atoms with van der Waals surface area (Å²) in [7, 11) is 0. The zero-order valence-corrected chi connectivity index (χ0v) is 12.3. The van der Waals surface area contributed by atoms with Gasteiger partial charge in [-0.05, 0) is 30.0 Å². The van der Waals surface area contributed by atoms with Crippen molar-refractivity contribution < 1.29 is 19.4 Å². The zero-order valence-electron chi connectivity index (χ0n) is 12.3. The van der Waals surface area contributed by atoms with Gasteiger partial charge in [0.05, 0.1) is 0 Å². The van der Waals surface area contributed by atoms with Crippen molar-refractivity contribution in [1.82, 2.24) is 5.32 Å². The molecule has 0 radical (unpaired) electrons. The molecule has 1 unspecified atom stereocenters. The van der Waals surface area contributed by atoms with Crippen molar-refractivity contribution in [2.75, 3.05) is 6.61 Å². The third-order valence-corrected chi connectivity index (χ3v) is 2.96. The average Bonchev–Trinajstić information content (AvgIpc) is 2.35. The number of nitrogens with one attached hydrogen (secondary N) is 1. The fourth-order valence-electron chi connectivity index (χ4n) is 1.72. The summed E-state index contributed by atoms with van der Waals surface area (Å²) in [6.07, 6.45) is 0. The molecule has 2 N–H and O–H groups in total. The number of aryl methyl sites for hydroxylation is 1. The van der Waals surface area contributed by atoms with E-state index in [9.17, 15) is 9.59 Å². The van der Waals surface area contributed by atoms with Crippen molar-refractivity contribution >= 4 is 11.9 Å². The van der Waals surface area contributed by atoms with Crippen LogP contribution in [0.4, 0.5) is 0 Å². The summed E-state index contributed by atoms with van der Waals surface area (Å²) in [6, 6.07) is 4.83. The number of ether oxygens (including phenoxy) is 1. The second kappa shape index (κ2) is 6.93. The van der Waals surface area contributed by atoms with Crippen molar-refractivity contribution in [2.24, 2.45) is 0 Å². The highest BCUT2D eigenvalue weighted by Gasteiger charge is 2.19. The van der Waals surface area contributed by atoms with Crippen LogP contribution < -0.4 is 10.1 Å². The van der Waals surface area contributed by atoms with Crippen molar-refractivity contribution in [2.45, 2.75) is 39.7 Å². The summed E-state index contributed by atoms with van der Waals surface area (Å²) >= 11 is 0. The fraction of sp³-hybridized carbons (Fsp3) is 0.467. The van der Waals surface area contributed by atoms with Gasteiger partial charge < -0.3 is 15.2 Å². The Balaban J connectivity index is 2.79. The van der Waals surface area contributed by atoms with Gasteiger partial charge in [-0.1, -0.05) is 26.0 Å². The molecule has 1 amide bonds. The number of rotatable bonds is 6. The number of carboxylic acids is 1. The van der Waals surface area contributed by atoms with Crippen LogP contribution in [0.1, 0.15) is 37.8 Å². The van der Waals surface area contributed by atoms with Crippen LogP contribution in [0, 0.1) is 6.92 Å². The summed E-state index contributed by atoms with van der Waals surface area (Å²) in [4.78, 5) is 22.0. The van der Waals surface area contributed by atoms with Gasteiger partial charge in [0.2, 0.25) is 5.91 Å². The molecule has 0 heterocycles. The van der Waals surface area contributed by atoms with Gasteiger partial charge >= 0.3 is 5.97 Å². The Morgan fingerprint density at radius 3 is 2.50 bits per heavy atom. The van der Waals surface area contributed by atoms with Crippen LogP contribution in [0.5, 0.6) is 5.75 Å². The first kappa shape index (κ1) is 16.0. The lowest BCUT2D eigenvalue weighted by Gasteiger charge is -2.17. The normalized spacial score (nSPS) is 12.1. The van der Waals surface area contributed by atoms with Gasteiger partial charge in [-0.25, -0.2) is 4.79 Å². The topological polar surface area (TPSA) is 75.6 Å². The third kappa shape index (κ3) is 4.57. The van der Waals surface area contributed by atoms with E-state index in [1.807, 2.05) is 25.1 Å². The van der Waals surface area contributed by atoms with E-state index in [2.05, 4.69) is 19.2 Å². The molecular weight excluding hydrogens is 258 g/mol. The van der Waals surface area contributed by atoms with Gasteiger partial charge in [0, 0.05) is 6.92 Å². The summed E-state index contributed by atoms with van der Waals surface area (Å²) in [6.45, 7) is 7.23. The van der Waals surface area contributed by atoms with E-state index < -0.39 is 17.9 Å². The summed E-state index contributed by atoms with van der Waals surface area (Å²) in [5.41, 5.74) is 2.05. The summed E-state index contributed by atoms with van der Waals surface area (Å²) in [5.74, 6) is -0.497. The van der Waals surface area contributed by atoms with Crippen molar-refractivity contribution in [3.8, 4) is 5.75 Å². The van der Waals surface area contributed by atoms with E-state index in [-0.39, 0.29) is 6.61 Å². The average molecular weight is 279 g/mol. The molecule has 0 aromatic heterocycles. The third-order valence-electron chi connectivity index (χ3n) is 2.96. The fourth-order valence-corrected chi connectivity index (χ4v) is 1.72. The van der Waals surface area contributed by atoms with Crippen LogP contribution in [0.2, 0.25) is 0 Å². The molecule has 20 heavy (non-hydrogen) atoms. The van der Waals surface area contributed by atoms with Crippen LogP contribution >= 0.6 is 0 Å². The van der Waals surface area contributed by atoms with Crippen molar-refractivity contribution in [1.29, 1.82) is 0 Å². The minimum Gasteiger partial charge on any atom is -0.491 e. The van der Waals surface area contributed by atoms with Gasteiger partial charge in [-0.15, -0.1) is 0 Å². The number of carbonyl (C=O) groups excluding carboxylic acids is 1. The minimum absolute atomic E-state index is 0.0999. The molecule has 110 valence electrons.